The number of hydrogen-bond donors (Lipinski definition) is 2. The summed E-state index contributed by atoms with van der Waals surface area (Å²) in [5, 5.41) is 12.4. The van der Waals surface area contributed by atoms with Gasteiger partial charge < -0.3 is 24.5 Å². The fourth-order valence-corrected chi connectivity index (χ4v) is 4.89. The summed E-state index contributed by atoms with van der Waals surface area (Å²) in [5.74, 6) is 0.807. The molecule has 1 amide bonds. The number of aliphatic carboxylic acids is 1. The van der Waals surface area contributed by atoms with Crippen molar-refractivity contribution in [2.24, 2.45) is 0 Å². The van der Waals surface area contributed by atoms with Crippen LogP contribution in [0.3, 0.4) is 0 Å². The van der Waals surface area contributed by atoms with Crippen LogP contribution < -0.4 is 14.8 Å². The molecule has 0 fully saturated rings. The van der Waals surface area contributed by atoms with Crippen molar-refractivity contribution in [1.29, 1.82) is 0 Å². The summed E-state index contributed by atoms with van der Waals surface area (Å²) < 4.78 is 11.9. The molecule has 0 saturated carbocycles. The Morgan fingerprint density at radius 1 is 1.11 bits per heavy atom. The molecule has 4 rings (SSSR count). The smallest absolute Gasteiger partial charge is 0.319 e. The number of carbonyl (C=O) groups is 2. The lowest BCUT2D eigenvalue weighted by Gasteiger charge is -2.18. The van der Waals surface area contributed by atoms with Crippen LogP contribution in [0.1, 0.15) is 56.2 Å². The molecule has 1 aliphatic heterocycles. The third kappa shape index (κ3) is 5.51. The second-order valence-corrected chi connectivity index (χ2v) is 10.9. The molecule has 0 atom stereocenters. The third-order valence-electron chi connectivity index (χ3n) is 6.05. The summed E-state index contributed by atoms with van der Waals surface area (Å²) in [7, 11) is 0. The highest BCUT2D eigenvalue weighted by Crippen LogP contribution is 2.35. The minimum absolute atomic E-state index is 0.169. The van der Waals surface area contributed by atoms with Crippen LogP contribution in [0.25, 0.3) is 11.4 Å². The molecule has 190 valence electrons. The van der Waals surface area contributed by atoms with Crippen LogP contribution in [0.15, 0.2) is 47.4 Å². The highest BCUT2D eigenvalue weighted by Gasteiger charge is 2.28. The van der Waals surface area contributed by atoms with Gasteiger partial charge in [-0.2, -0.15) is 0 Å². The van der Waals surface area contributed by atoms with E-state index in [1.165, 1.54) is 11.8 Å². The molecule has 36 heavy (non-hydrogen) atoms. The van der Waals surface area contributed by atoms with Gasteiger partial charge in [0.05, 0.1) is 0 Å². The van der Waals surface area contributed by atoms with E-state index in [9.17, 15) is 14.7 Å². The minimum atomic E-state index is -0.934. The number of rotatable bonds is 10. The number of fused-ring (bicyclic) bond motifs is 1. The Kier molecular flexibility index (Phi) is 7.59. The normalized spacial score (nSPS) is 12.6. The highest BCUT2D eigenvalue weighted by atomic mass is 32.2. The average Bonchev–Trinajstić information content (AvgIpc) is 3.44. The number of anilines is 1. The first-order valence-electron chi connectivity index (χ1n) is 12.0. The maximum atomic E-state index is 13.2. The fraction of sp³-hybridized carbons (Fsp3) is 0.370. The van der Waals surface area contributed by atoms with E-state index in [1.54, 1.807) is 32.0 Å². The summed E-state index contributed by atoms with van der Waals surface area (Å²) >= 11 is 1.29. The molecule has 1 aromatic heterocycles. The van der Waals surface area contributed by atoms with Crippen LogP contribution >= 0.6 is 11.8 Å². The van der Waals surface area contributed by atoms with Gasteiger partial charge in [-0.05, 0) is 51.5 Å². The number of carbonyl (C=O) groups excluding carboxylic acids is 1. The van der Waals surface area contributed by atoms with Gasteiger partial charge in [0, 0.05) is 34.5 Å². The Labute approximate surface area is 215 Å². The number of imidazole rings is 1. The number of carboxylic acid groups (broad SMARTS) is 1. The van der Waals surface area contributed by atoms with Gasteiger partial charge in [0.2, 0.25) is 6.79 Å². The van der Waals surface area contributed by atoms with Gasteiger partial charge in [0.1, 0.15) is 16.3 Å². The van der Waals surface area contributed by atoms with Crippen molar-refractivity contribution in [1.82, 2.24) is 9.55 Å². The molecule has 0 spiro atoms. The first-order valence-corrected chi connectivity index (χ1v) is 12.8. The molecule has 2 N–H and O–H groups in total. The van der Waals surface area contributed by atoms with Crippen LogP contribution in [0, 0.1) is 6.92 Å². The molecule has 2 aromatic carbocycles. The van der Waals surface area contributed by atoms with Crippen LogP contribution in [0.4, 0.5) is 5.69 Å². The van der Waals surface area contributed by atoms with E-state index in [1.807, 2.05) is 31.2 Å². The van der Waals surface area contributed by atoms with Crippen LogP contribution in [-0.4, -0.2) is 38.1 Å². The third-order valence-corrected chi connectivity index (χ3v) is 7.25. The summed E-state index contributed by atoms with van der Waals surface area (Å²) in [6.07, 6.45) is 3.14. The number of benzene rings is 2. The predicted octanol–water partition coefficient (Wildman–Crippen LogP) is 5.99. The minimum Gasteiger partial charge on any atom is -0.480 e. The lowest BCUT2D eigenvalue weighted by molar-refractivity contribution is -0.138. The van der Waals surface area contributed by atoms with E-state index in [-0.39, 0.29) is 12.7 Å². The van der Waals surface area contributed by atoms with Crippen molar-refractivity contribution < 1.29 is 24.2 Å². The molecular formula is C27H31N3O5S. The largest absolute Gasteiger partial charge is 0.480 e. The maximum Gasteiger partial charge on any atom is 0.319 e. The van der Waals surface area contributed by atoms with E-state index in [0.29, 0.717) is 28.7 Å². The van der Waals surface area contributed by atoms with Crippen molar-refractivity contribution in [2.75, 3.05) is 12.1 Å². The van der Waals surface area contributed by atoms with E-state index in [4.69, 9.17) is 14.5 Å². The van der Waals surface area contributed by atoms with Crippen LogP contribution in [0.2, 0.25) is 0 Å². The molecule has 3 aromatic rings. The Morgan fingerprint density at radius 2 is 1.83 bits per heavy atom. The maximum absolute atomic E-state index is 13.2. The zero-order valence-electron chi connectivity index (χ0n) is 21.0. The standard InChI is InChI=1S/C27H31N3O5S/c1-5-6-7-14-30-17(2)23(25(31)28-19-10-13-21-22(15-19)35-16-34-21)29-24(30)18-8-11-20(12-9-18)36-27(3,4)26(32)33/h8-13,15H,5-7,14,16H2,1-4H3,(H,28,31)(H,32,33). The highest BCUT2D eigenvalue weighted by molar-refractivity contribution is 8.01. The lowest BCUT2D eigenvalue weighted by atomic mass is 10.2. The van der Waals surface area contributed by atoms with E-state index in [0.717, 1.165) is 42.0 Å². The molecular weight excluding hydrogens is 478 g/mol. The number of thioether (sulfide) groups is 1. The number of carboxylic acids is 1. The van der Waals surface area contributed by atoms with Gasteiger partial charge in [-0.1, -0.05) is 31.9 Å². The molecule has 9 heteroatoms. The fourth-order valence-electron chi connectivity index (χ4n) is 3.94. The predicted molar refractivity (Wildman–Crippen MR) is 140 cm³/mol. The number of amides is 1. The van der Waals surface area contributed by atoms with Crippen molar-refractivity contribution in [2.45, 2.75) is 63.1 Å². The van der Waals surface area contributed by atoms with E-state index < -0.39 is 10.7 Å². The van der Waals surface area contributed by atoms with Crippen molar-refractivity contribution >= 4 is 29.3 Å². The Balaban J connectivity index is 1.61. The second kappa shape index (κ2) is 10.7. The first-order chi connectivity index (χ1) is 17.2. The van der Waals surface area contributed by atoms with Crippen LogP contribution in [0.5, 0.6) is 11.5 Å². The zero-order valence-corrected chi connectivity index (χ0v) is 21.8. The summed E-state index contributed by atoms with van der Waals surface area (Å²) in [6, 6.07) is 12.9. The number of aromatic nitrogens is 2. The molecule has 1 aliphatic rings. The number of nitrogens with zero attached hydrogens (tertiary/aromatic N) is 2. The quantitative estimate of drug-likeness (QED) is 0.256. The number of hydrogen-bond acceptors (Lipinski definition) is 6. The number of unbranched alkanes of at least 4 members (excludes halogenated alkanes) is 2. The van der Waals surface area contributed by atoms with E-state index >= 15 is 0 Å². The molecule has 0 radical (unpaired) electrons. The Hall–Kier alpha value is -3.46. The topological polar surface area (TPSA) is 103 Å². The summed E-state index contributed by atoms with van der Waals surface area (Å²) in [4.78, 5) is 30.3. The molecule has 0 bridgehead atoms. The second-order valence-electron chi connectivity index (χ2n) is 9.19. The molecule has 8 nitrogen and oxygen atoms in total. The van der Waals surface area contributed by atoms with Crippen molar-refractivity contribution in [3.05, 3.63) is 53.9 Å². The van der Waals surface area contributed by atoms with Crippen molar-refractivity contribution in [3.63, 3.8) is 0 Å². The van der Waals surface area contributed by atoms with Gasteiger partial charge in [-0.3, -0.25) is 9.59 Å². The van der Waals surface area contributed by atoms with E-state index in [2.05, 4.69) is 16.8 Å². The van der Waals surface area contributed by atoms with Crippen molar-refractivity contribution in [3.8, 4) is 22.9 Å². The van der Waals surface area contributed by atoms with Gasteiger partial charge in [0.25, 0.3) is 5.91 Å². The van der Waals surface area contributed by atoms with Gasteiger partial charge in [-0.15, -0.1) is 11.8 Å². The monoisotopic (exact) mass is 509 g/mol. The van der Waals surface area contributed by atoms with Gasteiger partial charge in [0.15, 0.2) is 11.5 Å². The number of ether oxygens (including phenoxy) is 2. The molecule has 0 aliphatic carbocycles. The zero-order chi connectivity index (χ0) is 25.9. The summed E-state index contributed by atoms with van der Waals surface area (Å²) in [5.41, 5.74) is 2.64. The summed E-state index contributed by atoms with van der Waals surface area (Å²) in [6.45, 7) is 8.35. The lowest BCUT2D eigenvalue weighted by Crippen LogP contribution is -2.26. The average molecular weight is 510 g/mol. The molecule has 0 saturated heterocycles. The van der Waals surface area contributed by atoms with Gasteiger partial charge >= 0.3 is 5.97 Å². The molecule has 0 unspecified atom stereocenters. The molecule has 2 heterocycles. The number of nitrogens with one attached hydrogen (secondary N) is 1. The Morgan fingerprint density at radius 3 is 2.53 bits per heavy atom. The Bertz CT molecular complexity index is 1270. The van der Waals surface area contributed by atoms with Gasteiger partial charge in [-0.25, -0.2) is 4.98 Å². The van der Waals surface area contributed by atoms with Crippen LogP contribution in [-0.2, 0) is 11.3 Å². The SMILES string of the molecule is CCCCCn1c(-c2ccc(SC(C)(C)C(=O)O)cc2)nc(C(=O)Nc2ccc3c(c2)OCO3)c1C. The first kappa shape index (κ1) is 25.6.